The number of carbonyl (C=O) groups is 1. The lowest BCUT2D eigenvalue weighted by Crippen LogP contribution is -2.36. The van der Waals surface area contributed by atoms with Gasteiger partial charge in [-0.25, -0.2) is 0 Å². The first kappa shape index (κ1) is 16.5. The molecule has 0 aromatic heterocycles. The summed E-state index contributed by atoms with van der Waals surface area (Å²) in [7, 11) is 0. The lowest BCUT2D eigenvalue weighted by Gasteiger charge is -2.24. The number of hydrogen-bond donors (Lipinski definition) is 2. The Balaban J connectivity index is 2.30. The van der Waals surface area contributed by atoms with Gasteiger partial charge >= 0.3 is 0 Å². The lowest BCUT2D eigenvalue weighted by atomic mass is 9.88. The third kappa shape index (κ3) is 6.57. The minimum absolute atomic E-state index is 0.0122. The molecule has 0 saturated carbocycles. The molecular weight excluding hydrogens is 254 g/mol. The Morgan fingerprint density at radius 2 is 2.15 bits per heavy atom. The molecule has 4 heteroatoms. The Morgan fingerprint density at radius 1 is 1.40 bits per heavy atom. The third-order valence-electron chi connectivity index (χ3n) is 3.14. The molecule has 0 radical (unpaired) electrons. The molecule has 0 unspecified atom stereocenters. The molecule has 0 aliphatic heterocycles. The standard InChI is InChI=1S/C16H25NO3/c1-13-6-4-7-14(10-13)20-11-15(19)17-12-16(2,3)8-5-9-18/h4,6-7,10,18H,5,8-9,11-12H2,1-3H3,(H,17,19). The Labute approximate surface area is 121 Å². The van der Waals surface area contributed by atoms with Crippen LogP contribution in [-0.2, 0) is 4.79 Å². The highest BCUT2D eigenvalue weighted by Gasteiger charge is 2.18. The highest BCUT2D eigenvalue weighted by molar-refractivity contribution is 5.77. The van der Waals surface area contributed by atoms with Gasteiger partial charge in [0.2, 0.25) is 0 Å². The van der Waals surface area contributed by atoms with Gasteiger partial charge in [0.15, 0.2) is 6.61 Å². The van der Waals surface area contributed by atoms with Crippen LogP contribution in [0.4, 0.5) is 0 Å². The number of rotatable bonds is 8. The summed E-state index contributed by atoms with van der Waals surface area (Å²) in [6, 6.07) is 7.63. The zero-order valence-electron chi connectivity index (χ0n) is 12.6. The number of carbonyl (C=O) groups excluding carboxylic acids is 1. The average molecular weight is 279 g/mol. The smallest absolute Gasteiger partial charge is 0.257 e. The molecule has 112 valence electrons. The molecule has 20 heavy (non-hydrogen) atoms. The van der Waals surface area contributed by atoms with Gasteiger partial charge in [-0.3, -0.25) is 4.79 Å². The van der Waals surface area contributed by atoms with E-state index in [-0.39, 0.29) is 24.5 Å². The van der Waals surface area contributed by atoms with Crippen LogP contribution in [0, 0.1) is 12.3 Å². The Hall–Kier alpha value is -1.55. The molecule has 4 nitrogen and oxygen atoms in total. The fraction of sp³-hybridized carbons (Fsp3) is 0.562. The molecule has 0 fully saturated rings. The number of hydrogen-bond acceptors (Lipinski definition) is 3. The largest absolute Gasteiger partial charge is 0.484 e. The molecule has 0 aliphatic rings. The molecule has 0 bridgehead atoms. The Morgan fingerprint density at radius 3 is 2.80 bits per heavy atom. The second-order valence-corrected chi connectivity index (χ2v) is 5.87. The van der Waals surface area contributed by atoms with Crippen molar-refractivity contribution in [2.24, 2.45) is 5.41 Å². The van der Waals surface area contributed by atoms with Crippen molar-refractivity contribution in [3.63, 3.8) is 0 Å². The summed E-state index contributed by atoms with van der Waals surface area (Å²) in [6.45, 7) is 6.93. The monoisotopic (exact) mass is 279 g/mol. The average Bonchev–Trinajstić information content (AvgIpc) is 2.41. The number of aliphatic hydroxyl groups excluding tert-OH is 1. The van der Waals surface area contributed by atoms with Crippen molar-refractivity contribution in [1.29, 1.82) is 0 Å². The molecule has 0 saturated heterocycles. The van der Waals surface area contributed by atoms with E-state index >= 15 is 0 Å². The van der Waals surface area contributed by atoms with Crippen molar-refractivity contribution >= 4 is 5.91 Å². The van der Waals surface area contributed by atoms with Crippen LogP contribution in [0.25, 0.3) is 0 Å². The quantitative estimate of drug-likeness (QED) is 0.767. The van der Waals surface area contributed by atoms with Gasteiger partial charge in [0, 0.05) is 13.2 Å². The number of aryl methyl sites for hydroxylation is 1. The van der Waals surface area contributed by atoms with Crippen LogP contribution in [0.1, 0.15) is 32.3 Å². The van der Waals surface area contributed by atoms with Crippen LogP contribution in [-0.4, -0.2) is 30.8 Å². The lowest BCUT2D eigenvalue weighted by molar-refractivity contribution is -0.123. The van der Waals surface area contributed by atoms with E-state index in [9.17, 15) is 4.79 Å². The summed E-state index contributed by atoms with van der Waals surface area (Å²) in [6.07, 6.45) is 1.63. The van der Waals surface area contributed by atoms with Gasteiger partial charge in [0.25, 0.3) is 5.91 Å². The van der Waals surface area contributed by atoms with Crippen LogP contribution < -0.4 is 10.1 Å². The molecule has 0 atom stereocenters. The third-order valence-corrected chi connectivity index (χ3v) is 3.14. The number of benzene rings is 1. The summed E-state index contributed by atoms with van der Waals surface area (Å²) in [5, 5.41) is 11.7. The van der Waals surface area contributed by atoms with Gasteiger partial charge in [0.1, 0.15) is 5.75 Å². The number of ether oxygens (including phenoxy) is 1. The van der Waals surface area contributed by atoms with Gasteiger partial charge in [-0.15, -0.1) is 0 Å². The van der Waals surface area contributed by atoms with E-state index in [0.29, 0.717) is 12.3 Å². The fourth-order valence-corrected chi connectivity index (χ4v) is 1.89. The highest BCUT2D eigenvalue weighted by Crippen LogP contribution is 2.20. The van der Waals surface area contributed by atoms with Crippen molar-refractivity contribution in [3.8, 4) is 5.75 Å². The van der Waals surface area contributed by atoms with E-state index in [1.165, 1.54) is 0 Å². The van der Waals surface area contributed by atoms with Gasteiger partial charge in [-0.05, 0) is 42.9 Å². The first-order valence-electron chi connectivity index (χ1n) is 7.00. The Bertz CT molecular complexity index is 429. The van der Waals surface area contributed by atoms with Crippen molar-refractivity contribution in [2.45, 2.75) is 33.6 Å². The van der Waals surface area contributed by atoms with Crippen LogP contribution >= 0.6 is 0 Å². The van der Waals surface area contributed by atoms with Crippen molar-refractivity contribution in [3.05, 3.63) is 29.8 Å². The van der Waals surface area contributed by atoms with E-state index < -0.39 is 0 Å². The summed E-state index contributed by atoms with van der Waals surface area (Å²) in [5.41, 5.74) is 1.09. The summed E-state index contributed by atoms with van der Waals surface area (Å²) in [4.78, 5) is 11.7. The van der Waals surface area contributed by atoms with E-state index in [0.717, 1.165) is 18.4 Å². The number of aliphatic hydroxyl groups is 1. The topological polar surface area (TPSA) is 58.6 Å². The molecule has 0 heterocycles. The van der Waals surface area contributed by atoms with Gasteiger partial charge in [-0.2, -0.15) is 0 Å². The first-order valence-corrected chi connectivity index (χ1v) is 7.00. The second kappa shape index (κ2) is 7.90. The molecule has 2 N–H and O–H groups in total. The van der Waals surface area contributed by atoms with E-state index in [1.54, 1.807) is 0 Å². The van der Waals surface area contributed by atoms with Crippen LogP contribution in [0.3, 0.4) is 0 Å². The maximum absolute atomic E-state index is 11.7. The molecule has 1 aromatic rings. The normalized spacial score (nSPS) is 11.2. The molecule has 0 aliphatic carbocycles. The molecule has 1 amide bonds. The van der Waals surface area contributed by atoms with Gasteiger partial charge in [0.05, 0.1) is 0 Å². The zero-order chi connectivity index (χ0) is 15.0. The zero-order valence-corrected chi connectivity index (χ0v) is 12.6. The van der Waals surface area contributed by atoms with E-state index in [2.05, 4.69) is 19.2 Å². The SMILES string of the molecule is Cc1cccc(OCC(=O)NCC(C)(C)CCCO)c1. The van der Waals surface area contributed by atoms with Gasteiger partial charge in [-0.1, -0.05) is 26.0 Å². The van der Waals surface area contributed by atoms with Crippen molar-refractivity contribution in [1.82, 2.24) is 5.32 Å². The van der Waals surface area contributed by atoms with E-state index in [4.69, 9.17) is 9.84 Å². The minimum atomic E-state index is -0.122. The molecular formula is C16H25NO3. The number of amides is 1. The predicted molar refractivity (Wildman–Crippen MR) is 79.8 cm³/mol. The minimum Gasteiger partial charge on any atom is -0.484 e. The van der Waals surface area contributed by atoms with Crippen molar-refractivity contribution < 1.29 is 14.6 Å². The van der Waals surface area contributed by atoms with Gasteiger partial charge < -0.3 is 15.2 Å². The van der Waals surface area contributed by atoms with Crippen LogP contribution in [0.5, 0.6) is 5.75 Å². The maximum Gasteiger partial charge on any atom is 0.257 e. The van der Waals surface area contributed by atoms with Crippen molar-refractivity contribution in [2.75, 3.05) is 19.8 Å². The second-order valence-electron chi connectivity index (χ2n) is 5.87. The summed E-state index contributed by atoms with van der Waals surface area (Å²) in [5.74, 6) is 0.586. The Kier molecular flexibility index (Phi) is 6.52. The molecule has 1 rings (SSSR count). The van der Waals surface area contributed by atoms with Crippen LogP contribution in [0.15, 0.2) is 24.3 Å². The summed E-state index contributed by atoms with van der Waals surface area (Å²) >= 11 is 0. The highest BCUT2D eigenvalue weighted by atomic mass is 16.5. The fourth-order valence-electron chi connectivity index (χ4n) is 1.89. The molecule has 1 aromatic carbocycles. The summed E-state index contributed by atoms with van der Waals surface area (Å²) < 4.78 is 5.44. The molecule has 0 spiro atoms. The number of nitrogens with one attached hydrogen (secondary N) is 1. The maximum atomic E-state index is 11.7. The van der Waals surface area contributed by atoms with E-state index in [1.807, 2.05) is 31.2 Å². The van der Waals surface area contributed by atoms with Crippen LogP contribution in [0.2, 0.25) is 0 Å². The predicted octanol–water partition coefficient (Wildman–Crippen LogP) is 2.29. The first-order chi connectivity index (χ1) is 9.43.